The van der Waals surface area contributed by atoms with Gasteiger partial charge in [-0.05, 0) is 38.0 Å². The number of halogens is 1. The maximum atomic E-state index is 13.3. The van der Waals surface area contributed by atoms with Crippen LogP contribution in [-0.2, 0) is 19.1 Å². The molecular weight excluding hydrogens is 339 g/mol. The van der Waals surface area contributed by atoms with Crippen molar-refractivity contribution in [1.29, 1.82) is 0 Å². The van der Waals surface area contributed by atoms with Gasteiger partial charge in [0.15, 0.2) is 0 Å². The molecule has 1 N–H and O–H groups in total. The predicted octanol–water partition coefficient (Wildman–Crippen LogP) is 1.80. The molecule has 0 aliphatic carbocycles. The Morgan fingerprint density at radius 3 is 2.38 bits per heavy atom. The molecule has 2 fully saturated rings. The molecule has 0 radical (unpaired) electrons. The van der Waals surface area contributed by atoms with Crippen molar-refractivity contribution in [2.24, 2.45) is 11.8 Å². The molecule has 4 atom stereocenters. The fourth-order valence-electron chi connectivity index (χ4n) is 4.25. The summed E-state index contributed by atoms with van der Waals surface area (Å²) in [4.78, 5) is 39.8. The molecule has 2 heterocycles. The van der Waals surface area contributed by atoms with Crippen molar-refractivity contribution in [2.45, 2.75) is 38.8 Å². The maximum Gasteiger partial charge on any atom is 0.327 e. The lowest BCUT2D eigenvalue weighted by Gasteiger charge is -2.31. The van der Waals surface area contributed by atoms with Gasteiger partial charge in [0.05, 0.1) is 18.4 Å². The molecule has 26 heavy (non-hydrogen) atoms. The molecule has 7 heteroatoms. The van der Waals surface area contributed by atoms with Crippen LogP contribution in [0.4, 0.5) is 4.39 Å². The number of hydrogen-bond acceptors (Lipinski definition) is 5. The van der Waals surface area contributed by atoms with E-state index in [0.29, 0.717) is 12.0 Å². The summed E-state index contributed by atoms with van der Waals surface area (Å²) in [5, 5.41) is 3.22. The van der Waals surface area contributed by atoms with Gasteiger partial charge in [-0.3, -0.25) is 24.6 Å². The number of imide groups is 1. The molecule has 0 aromatic heterocycles. The van der Waals surface area contributed by atoms with Gasteiger partial charge in [-0.2, -0.15) is 0 Å². The molecule has 0 saturated carbocycles. The average molecular weight is 362 g/mol. The van der Waals surface area contributed by atoms with Gasteiger partial charge in [-0.15, -0.1) is 0 Å². The standard InChI is InChI=1S/C19H23FN2O4/c1-4-19(18(25)26-6-3)14-13(16(23)22(5-2)17(14)24)15(21-19)11-7-9-12(20)10-8-11/h7-10,13-15,21H,4-6H2,1-3H3/t13-,14+,15-,19-/m0/s1. The van der Waals surface area contributed by atoms with Gasteiger partial charge in [0.25, 0.3) is 0 Å². The number of esters is 1. The molecule has 0 unspecified atom stereocenters. The summed E-state index contributed by atoms with van der Waals surface area (Å²) in [6.45, 7) is 5.66. The van der Waals surface area contributed by atoms with E-state index in [0.717, 1.165) is 0 Å². The van der Waals surface area contributed by atoms with E-state index < -0.39 is 29.4 Å². The first kappa shape index (κ1) is 18.5. The number of fused-ring (bicyclic) bond motifs is 1. The van der Waals surface area contributed by atoms with Gasteiger partial charge in [0.1, 0.15) is 11.4 Å². The number of likely N-dealkylation sites (tertiary alicyclic amines) is 1. The minimum Gasteiger partial charge on any atom is -0.465 e. The molecule has 1 aromatic rings. The Hall–Kier alpha value is -2.28. The van der Waals surface area contributed by atoms with E-state index in [1.165, 1.54) is 17.0 Å². The number of rotatable bonds is 5. The zero-order chi connectivity index (χ0) is 19.1. The molecule has 2 aliphatic rings. The Morgan fingerprint density at radius 1 is 1.19 bits per heavy atom. The largest absolute Gasteiger partial charge is 0.465 e. The van der Waals surface area contributed by atoms with Crippen LogP contribution in [0.25, 0.3) is 0 Å². The highest BCUT2D eigenvalue weighted by atomic mass is 19.1. The summed E-state index contributed by atoms with van der Waals surface area (Å²) in [6.07, 6.45) is 0.307. The van der Waals surface area contributed by atoms with Crippen molar-refractivity contribution in [3.05, 3.63) is 35.6 Å². The highest BCUT2D eigenvalue weighted by Gasteiger charge is 2.67. The van der Waals surface area contributed by atoms with E-state index >= 15 is 0 Å². The van der Waals surface area contributed by atoms with Crippen molar-refractivity contribution >= 4 is 17.8 Å². The summed E-state index contributed by atoms with van der Waals surface area (Å²) in [6, 6.07) is 5.21. The number of carbonyl (C=O) groups excluding carboxylic acids is 3. The van der Waals surface area contributed by atoms with E-state index in [-0.39, 0.29) is 30.8 Å². The van der Waals surface area contributed by atoms with E-state index in [9.17, 15) is 18.8 Å². The van der Waals surface area contributed by atoms with Crippen LogP contribution in [0.1, 0.15) is 38.8 Å². The maximum absolute atomic E-state index is 13.3. The molecule has 140 valence electrons. The van der Waals surface area contributed by atoms with E-state index in [4.69, 9.17) is 4.74 Å². The summed E-state index contributed by atoms with van der Waals surface area (Å²) in [7, 11) is 0. The molecule has 2 amide bonds. The minimum atomic E-state index is -1.27. The van der Waals surface area contributed by atoms with E-state index in [1.807, 2.05) is 0 Å². The van der Waals surface area contributed by atoms with Gasteiger partial charge in [-0.1, -0.05) is 19.1 Å². The zero-order valence-corrected chi connectivity index (χ0v) is 15.1. The van der Waals surface area contributed by atoms with Gasteiger partial charge >= 0.3 is 5.97 Å². The lowest BCUT2D eigenvalue weighted by Crippen LogP contribution is -2.56. The van der Waals surface area contributed by atoms with Crippen molar-refractivity contribution in [3.8, 4) is 0 Å². The first-order valence-corrected chi connectivity index (χ1v) is 8.96. The fourth-order valence-corrected chi connectivity index (χ4v) is 4.25. The van der Waals surface area contributed by atoms with Crippen LogP contribution < -0.4 is 5.32 Å². The molecular formula is C19H23FN2O4. The van der Waals surface area contributed by atoms with Crippen LogP contribution in [0.2, 0.25) is 0 Å². The monoisotopic (exact) mass is 362 g/mol. The van der Waals surface area contributed by atoms with Crippen LogP contribution in [0.3, 0.4) is 0 Å². The Kier molecular flexibility index (Phi) is 4.84. The summed E-state index contributed by atoms with van der Waals surface area (Å²) in [5.74, 6) is -3.11. The normalized spacial score (nSPS) is 30.6. The first-order chi connectivity index (χ1) is 12.4. The van der Waals surface area contributed by atoms with Crippen molar-refractivity contribution in [3.63, 3.8) is 0 Å². The highest BCUT2D eigenvalue weighted by Crippen LogP contribution is 2.50. The zero-order valence-electron chi connectivity index (χ0n) is 15.1. The second-order valence-corrected chi connectivity index (χ2v) is 6.64. The summed E-state index contributed by atoms with van der Waals surface area (Å²) < 4.78 is 18.6. The number of ether oxygens (including phenoxy) is 1. The Bertz CT molecular complexity index is 736. The molecule has 2 aliphatic heterocycles. The Morgan fingerprint density at radius 2 is 1.85 bits per heavy atom. The van der Waals surface area contributed by atoms with Crippen LogP contribution >= 0.6 is 0 Å². The van der Waals surface area contributed by atoms with Crippen LogP contribution in [0.5, 0.6) is 0 Å². The van der Waals surface area contributed by atoms with Gasteiger partial charge < -0.3 is 4.74 Å². The number of nitrogens with zero attached hydrogens (tertiary/aromatic N) is 1. The quantitative estimate of drug-likeness (QED) is 0.639. The molecule has 3 rings (SSSR count). The van der Waals surface area contributed by atoms with Crippen molar-refractivity contribution in [2.75, 3.05) is 13.2 Å². The molecule has 6 nitrogen and oxygen atoms in total. The van der Waals surface area contributed by atoms with E-state index in [2.05, 4.69) is 5.32 Å². The molecule has 0 bridgehead atoms. The lowest BCUT2D eigenvalue weighted by atomic mass is 9.78. The second kappa shape index (κ2) is 6.79. The minimum absolute atomic E-state index is 0.181. The van der Waals surface area contributed by atoms with Crippen molar-refractivity contribution < 1.29 is 23.5 Å². The summed E-state index contributed by atoms with van der Waals surface area (Å²) in [5.41, 5.74) is -0.601. The smallest absolute Gasteiger partial charge is 0.327 e. The van der Waals surface area contributed by atoms with E-state index in [1.54, 1.807) is 32.9 Å². The topological polar surface area (TPSA) is 75.7 Å². The van der Waals surface area contributed by atoms with Gasteiger partial charge in [0, 0.05) is 12.6 Å². The molecule has 2 saturated heterocycles. The molecule has 0 spiro atoms. The molecule has 1 aromatic carbocycles. The number of benzene rings is 1. The third-order valence-electron chi connectivity index (χ3n) is 5.49. The predicted molar refractivity (Wildman–Crippen MR) is 91.3 cm³/mol. The van der Waals surface area contributed by atoms with Gasteiger partial charge in [-0.25, -0.2) is 4.39 Å². The number of nitrogens with one attached hydrogen (secondary N) is 1. The number of amides is 2. The second-order valence-electron chi connectivity index (χ2n) is 6.64. The average Bonchev–Trinajstić information content (AvgIpc) is 3.11. The van der Waals surface area contributed by atoms with Crippen LogP contribution in [0.15, 0.2) is 24.3 Å². The highest BCUT2D eigenvalue weighted by molar-refractivity contribution is 6.09. The summed E-state index contributed by atoms with van der Waals surface area (Å²) >= 11 is 0. The SMILES string of the molecule is CCOC(=O)[C@@]1(CC)N[C@@H](c2ccc(F)cc2)[C@H]2C(=O)N(CC)C(=O)[C@@H]21. The van der Waals surface area contributed by atoms with Crippen molar-refractivity contribution in [1.82, 2.24) is 10.2 Å². The first-order valence-electron chi connectivity index (χ1n) is 8.96. The number of carbonyl (C=O) groups is 3. The Labute approximate surface area is 151 Å². The Balaban J connectivity index is 2.11. The number of hydrogen-bond donors (Lipinski definition) is 1. The third kappa shape index (κ3) is 2.53. The van der Waals surface area contributed by atoms with Crippen LogP contribution in [-0.4, -0.2) is 41.4 Å². The fraction of sp³-hybridized carbons (Fsp3) is 0.526. The third-order valence-corrected chi connectivity index (χ3v) is 5.49. The lowest BCUT2D eigenvalue weighted by molar-refractivity contribution is -0.156. The van der Waals surface area contributed by atoms with Gasteiger partial charge in [0.2, 0.25) is 11.8 Å². The van der Waals surface area contributed by atoms with Crippen LogP contribution in [0, 0.1) is 17.7 Å².